The average Bonchev–Trinajstić information content (AvgIpc) is 3.02. The highest BCUT2D eigenvalue weighted by molar-refractivity contribution is 6.04. The number of tetrazole rings is 1. The van der Waals surface area contributed by atoms with E-state index in [0.29, 0.717) is 22.8 Å². The van der Waals surface area contributed by atoms with Gasteiger partial charge in [0.1, 0.15) is 0 Å². The van der Waals surface area contributed by atoms with Crippen molar-refractivity contribution in [3.63, 3.8) is 0 Å². The summed E-state index contributed by atoms with van der Waals surface area (Å²) in [6.07, 6.45) is 0. The summed E-state index contributed by atoms with van der Waals surface area (Å²) in [7, 11) is 0. The van der Waals surface area contributed by atoms with Crippen LogP contribution in [0.3, 0.4) is 0 Å². The topological polar surface area (TPSA) is 110 Å². The van der Waals surface area contributed by atoms with Gasteiger partial charge in [-0.1, -0.05) is 18.2 Å². The molecule has 0 atom stereocenters. The molecule has 1 amide bonds. The lowest BCUT2D eigenvalue weighted by Gasteiger charge is -2.06. The molecular weight excluding hydrogens is 268 g/mol. The first-order valence-corrected chi connectivity index (χ1v) is 6.23. The first kappa shape index (κ1) is 12.8. The molecule has 2 aromatic carbocycles. The smallest absolute Gasteiger partial charge is 0.255 e. The van der Waals surface area contributed by atoms with Gasteiger partial charge in [0.2, 0.25) is 5.82 Å². The molecule has 0 spiro atoms. The summed E-state index contributed by atoms with van der Waals surface area (Å²) in [5, 5.41) is 16.5. The Hall–Kier alpha value is -3.22. The second-order valence-electron chi connectivity index (χ2n) is 4.40. The lowest BCUT2D eigenvalue weighted by molar-refractivity contribution is 0.102. The largest absolute Gasteiger partial charge is 0.399 e. The fourth-order valence-electron chi connectivity index (χ4n) is 1.90. The van der Waals surface area contributed by atoms with E-state index in [-0.39, 0.29) is 5.91 Å². The summed E-state index contributed by atoms with van der Waals surface area (Å²) in [6, 6.07) is 14.0. The van der Waals surface area contributed by atoms with Gasteiger partial charge in [-0.2, -0.15) is 5.21 Å². The van der Waals surface area contributed by atoms with Gasteiger partial charge < -0.3 is 11.1 Å². The number of hydrogen-bond acceptors (Lipinski definition) is 5. The van der Waals surface area contributed by atoms with Crippen LogP contribution in [0.25, 0.3) is 11.4 Å². The van der Waals surface area contributed by atoms with Crippen molar-refractivity contribution in [2.45, 2.75) is 0 Å². The fraction of sp³-hybridized carbons (Fsp3) is 0. The molecular formula is C14H12N6O. The number of hydrogen-bond donors (Lipinski definition) is 3. The van der Waals surface area contributed by atoms with Crippen LogP contribution >= 0.6 is 0 Å². The van der Waals surface area contributed by atoms with Crippen LogP contribution in [-0.2, 0) is 0 Å². The lowest BCUT2D eigenvalue weighted by Crippen LogP contribution is -2.12. The highest BCUT2D eigenvalue weighted by atomic mass is 16.1. The quantitative estimate of drug-likeness (QED) is 0.632. The molecule has 0 aliphatic heterocycles. The molecule has 0 unspecified atom stereocenters. The molecule has 0 aliphatic carbocycles. The number of nitrogens with two attached hydrogens (primary N) is 1. The van der Waals surface area contributed by atoms with E-state index in [9.17, 15) is 4.79 Å². The predicted octanol–water partition coefficient (Wildman–Crippen LogP) is 1.70. The van der Waals surface area contributed by atoms with Gasteiger partial charge in [-0.3, -0.25) is 4.79 Å². The first-order valence-electron chi connectivity index (χ1n) is 6.23. The number of rotatable bonds is 3. The number of carbonyl (C=O) groups excluding carboxylic acids is 1. The van der Waals surface area contributed by atoms with E-state index in [0.717, 1.165) is 5.56 Å². The Labute approximate surface area is 120 Å². The maximum Gasteiger partial charge on any atom is 0.255 e. The van der Waals surface area contributed by atoms with E-state index in [4.69, 9.17) is 5.73 Å². The summed E-state index contributed by atoms with van der Waals surface area (Å²) < 4.78 is 0. The van der Waals surface area contributed by atoms with Crippen LogP contribution in [0.4, 0.5) is 11.4 Å². The molecule has 3 rings (SSSR count). The fourth-order valence-corrected chi connectivity index (χ4v) is 1.90. The summed E-state index contributed by atoms with van der Waals surface area (Å²) >= 11 is 0. The van der Waals surface area contributed by atoms with Crippen molar-refractivity contribution in [3.8, 4) is 11.4 Å². The number of nitrogen functional groups attached to an aromatic ring is 1. The molecule has 1 heterocycles. The first-order chi connectivity index (χ1) is 10.2. The van der Waals surface area contributed by atoms with Crippen LogP contribution in [0.15, 0.2) is 48.5 Å². The molecule has 0 saturated carbocycles. The Morgan fingerprint density at radius 1 is 1.14 bits per heavy atom. The van der Waals surface area contributed by atoms with Crippen molar-refractivity contribution in [3.05, 3.63) is 54.1 Å². The van der Waals surface area contributed by atoms with Gasteiger partial charge >= 0.3 is 0 Å². The molecule has 104 valence electrons. The van der Waals surface area contributed by atoms with Gasteiger partial charge in [-0.25, -0.2) is 0 Å². The van der Waals surface area contributed by atoms with Crippen LogP contribution in [0, 0.1) is 0 Å². The van der Waals surface area contributed by atoms with E-state index in [1.807, 2.05) is 6.07 Å². The number of carbonyl (C=O) groups is 1. The minimum Gasteiger partial charge on any atom is -0.399 e. The normalized spacial score (nSPS) is 10.3. The molecule has 3 aromatic rings. The summed E-state index contributed by atoms with van der Waals surface area (Å²) in [6.45, 7) is 0. The Balaban J connectivity index is 1.82. The third-order valence-corrected chi connectivity index (χ3v) is 2.87. The van der Waals surface area contributed by atoms with Crippen molar-refractivity contribution in [2.75, 3.05) is 11.1 Å². The molecule has 0 bridgehead atoms. The Bertz CT molecular complexity index is 769. The SMILES string of the molecule is Nc1cccc(C(=O)Nc2cccc(-c3nn[nH]n3)c2)c1. The van der Waals surface area contributed by atoms with Crippen LogP contribution in [-0.4, -0.2) is 26.5 Å². The maximum atomic E-state index is 12.1. The van der Waals surface area contributed by atoms with Gasteiger partial charge in [0.05, 0.1) is 0 Å². The van der Waals surface area contributed by atoms with Gasteiger partial charge in [0.15, 0.2) is 0 Å². The molecule has 0 aliphatic rings. The maximum absolute atomic E-state index is 12.1. The molecule has 4 N–H and O–H groups in total. The van der Waals surface area contributed by atoms with Crippen molar-refractivity contribution < 1.29 is 4.79 Å². The van der Waals surface area contributed by atoms with Crippen molar-refractivity contribution >= 4 is 17.3 Å². The average molecular weight is 280 g/mol. The van der Waals surface area contributed by atoms with Crippen LogP contribution in [0.1, 0.15) is 10.4 Å². The highest BCUT2D eigenvalue weighted by Gasteiger charge is 2.08. The summed E-state index contributed by atoms with van der Waals surface area (Å²) in [5.41, 5.74) is 8.12. The highest BCUT2D eigenvalue weighted by Crippen LogP contribution is 2.19. The third-order valence-electron chi connectivity index (χ3n) is 2.87. The number of nitrogens with one attached hydrogen (secondary N) is 2. The number of nitrogens with zero attached hydrogens (tertiary/aromatic N) is 3. The Kier molecular flexibility index (Phi) is 3.30. The minimum atomic E-state index is -0.229. The second kappa shape index (κ2) is 5.41. The molecule has 7 heteroatoms. The molecule has 0 radical (unpaired) electrons. The zero-order valence-corrected chi connectivity index (χ0v) is 10.9. The van der Waals surface area contributed by atoms with Gasteiger partial charge in [0.25, 0.3) is 5.91 Å². The number of anilines is 2. The zero-order chi connectivity index (χ0) is 14.7. The van der Waals surface area contributed by atoms with E-state index in [2.05, 4.69) is 25.9 Å². The standard InChI is InChI=1S/C14H12N6O/c15-11-5-1-4-10(7-11)14(21)16-12-6-2-3-9(8-12)13-17-19-20-18-13/h1-8H,15H2,(H,16,21)(H,17,18,19,20). The van der Waals surface area contributed by atoms with E-state index in [1.54, 1.807) is 42.5 Å². The van der Waals surface area contributed by atoms with Gasteiger partial charge in [-0.15, -0.1) is 10.2 Å². The van der Waals surface area contributed by atoms with Crippen LogP contribution in [0.5, 0.6) is 0 Å². The van der Waals surface area contributed by atoms with Crippen molar-refractivity contribution in [1.82, 2.24) is 20.6 Å². The monoisotopic (exact) mass is 280 g/mol. The molecule has 1 aromatic heterocycles. The van der Waals surface area contributed by atoms with Gasteiger partial charge in [0, 0.05) is 22.5 Å². The van der Waals surface area contributed by atoms with E-state index in [1.165, 1.54) is 0 Å². The third kappa shape index (κ3) is 2.86. The van der Waals surface area contributed by atoms with Crippen LogP contribution < -0.4 is 11.1 Å². The molecule has 0 saturated heterocycles. The Morgan fingerprint density at radius 2 is 2.00 bits per heavy atom. The number of benzene rings is 2. The number of aromatic amines is 1. The number of aromatic nitrogens is 4. The van der Waals surface area contributed by atoms with Gasteiger partial charge in [-0.05, 0) is 35.5 Å². The summed E-state index contributed by atoms with van der Waals surface area (Å²) in [5.74, 6) is 0.239. The number of H-pyrrole nitrogens is 1. The summed E-state index contributed by atoms with van der Waals surface area (Å²) in [4.78, 5) is 12.1. The predicted molar refractivity (Wildman–Crippen MR) is 78.4 cm³/mol. The zero-order valence-electron chi connectivity index (χ0n) is 10.9. The van der Waals surface area contributed by atoms with Crippen LogP contribution in [0.2, 0.25) is 0 Å². The van der Waals surface area contributed by atoms with E-state index >= 15 is 0 Å². The second-order valence-corrected chi connectivity index (χ2v) is 4.40. The number of amides is 1. The molecule has 21 heavy (non-hydrogen) atoms. The minimum absolute atomic E-state index is 0.229. The Morgan fingerprint density at radius 3 is 2.76 bits per heavy atom. The van der Waals surface area contributed by atoms with Crippen molar-refractivity contribution in [2.24, 2.45) is 0 Å². The van der Waals surface area contributed by atoms with E-state index < -0.39 is 0 Å². The van der Waals surface area contributed by atoms with Crippen molar-refractivity contribution in [1.29, 1.82) is 0 Å². The lowest BCUT2D eigenvalue weighted by atomic mass is 10.1. The molecule has 7 nitrogen and oxygen atoms in total. The molecule has 0 fully saturated rings.